The van der Waals surface area contributed by atoms with Crippen molar-refractivity contribution < 1.29 is 0 Å². The molecule has 206 valence electrons. The zero-order valence-electron chi connectivity index (χ0n) is 23.7. The minimum atomic E-state index is 0.739. The van der Waals surface area contributed by atoms with Crippen LogP contribution < -0.4 is 0 Å². The summed E-state index contributed by atoms with van der Waals surface area (Å²) in [7, 11) is 0. The van der Waals surface area contributed by atoms with Crippen molar-refractivity contribution in [2.24, 2.45) is 0 Å². The van der Waals surface area contributed by atoms with E-state index < -0.39 is 0 Å². The molecule has 3 heterocycles. The second-order valence-corrected chi connectivity index (χ2v) is 12.1. The molecular weight excluding hydrogens is 555 g/mol. The van der Waals surface area contributed by atoms with Gasteiger partial charge in [-0.05, 0) is 53.6 Å². The molecule has 44 heavy (non-hydrogen) atoms. The van der Waals surface area contributed by atoms with Gasteiger partial charge in [-0.3, -0.25) is 0 Å². The molecule has 0 amide bonds. The standard InChI is InChI=1S/C40H25N3S/c1-3-12-26(13-4-1)37-39-38(32-19-8-10-21-36(32)44-39)42-40(41-37)29-15-11-14-27(24-29)28-22-23-35-33(25-28)31-18-7-9-20-34(31)43(35)30-16-5-2-6-17-30/h1-25H. The van der Waals surface area contributed by atoms with Crippen LogP contribution in [0.4, 0.5) is 0 Å². The first-order chi connectivity index (χ1) is 21.8. The normalized spacial score (nSPS) is 11.6. The summed E-state index contributed by atoms with van der Waals surface area (Å²) in [4.78, 5) is 10.4. The molecule has 0 radical (unpaired) electrons. The fourth-order valence-electron chi connectivity index (χ4n) is 6.36. The predicted molar refractivity (Wildman–Crippen MR) is 186 cm³/mol. The largest absolute Gasteiger partial charge is 0.309 e. The number of rotatable bonds is 4. The van der Waals surface area contributed by atoms with Crippen LogP contribution in [0.2, 0.25) is 0 Å². The maximum Gasteiger partial charge on any atom is 0.160 e. The van der Waals surface area contributed by atoms with Crippen molar-refractivity contribution in [3.05, 3.63) is 152 Å². The average Bonchev–Trinajstić information content (AvgIpc) is 3.64. The third kappa shape index (κ3) is 3.96. The van der Waals surface area contributed by atoms with Crippen molar-refractivity contribution in [1.29, 1.82) is 0 Å². The Kier molecular flexibility index (Phi) is 5.68. The molecule has 3 aromatic heterocycles. The molecule has 0 unspecified atom stereocenters. The lowest BCUT2D eigenvalue weighted by molar-refractivity contribution is 1.18. The van der Waals surface area contributed by atoms with Gasteiger partial charge in [0.2, 0.25) is 0 Å². The monoisotopic (exact) mass is 579 g/mol. The molecular formula is C40H25N3S. The number of thiophene rings is 1. The zero-order valence-corrected chi connectivity index (χ0v) is 24.5. The smallest absolute Gasteiger partial charge is 0.160 e. The van der Waals surface area contributed by atoms with Crippen molar-refractivity contribution in [2.45, 2.75) is 0 Å². The van der Waals surface area contributed by atoms with E-state index >= 15 is 0 Å². The predicted octanol–water partition coefficient (Wildman–Crippen LogP) is 10.9. The maximum absolute atomic E-state index is 5.20. The van der Waals surface area contributed by atoms with E-state index in [0.717, 1.165) is 44.1 Å². The Hall–Kier alpha value is -5.58. The second kappa shape index (κ2) is 10.0. The number of aromatic nitrogens is 3. The number of para-hydroxylation sites is 2. The highest BCUT2D eigenvalue weighted by molar-refractivity contribution is 7.26. The summed E-state index contributed by atoms with van der Waals surface area (Å²) in [6, 6.07) is 53.6. The lowest BCUT2D eigenvalue weighted by Gasteiger charge is -2.10. The lowest BCUT2D eigenvalue weighted by atomic mass is 10.0. The fraction of sp³-hybridized carbons (Fsp3) is 0. The highest BCUT2D eigenvalue weighted by atomic mass is 32.1. The topological polar surface area (TPSA) is 30.7 Å². The van der Waals surface area contributed by atoms with Crippen LogP contribution in [0.1, 0.15) is 0 Å². The van der Waals surface area contributed by atoms with E-state index in [2.05, 4.69) is 150 Å². The van der Waals surface area contributed by atoms with Crippen molar-refractivity contribution >= 4 is 53.4 Å². The number of hydrogen-bond donors (Lipinski definition) is 0. The highest BCUT2D eigenvalue weighted by Crippen LogP contribution is 2.40. The van der Waals surface area contributed by atoms with Crippen LogP contribution in [0.25, 0.3) is 81.6 Å². The van der Waals surface area contributed by atoms with E-state index in [4.69, 9.17) is 9.97 Å². The second-order valence-electron chi connectivity index (χ2n) is 11.0. The first kappa shape index (κ1) is 25.0. The molecule has 0 bridgehead atoms. The molecule has 0 saturated carbocycles. The van der Waals surface area contributed by atoms with E-state index in [1.165, 1.54) is 37.5 Å². The van der Waals surface area contributed by atoms with Gasteiger partial charge in [-0.2, -0.15) is 0 Å². The molecule has 0 N–H and O–H groups in total. The van der Waals surface area contributed by atoms with Gasteiger partial charge in [0.05, 0.1) is 26.9 Å². The van der Waals surface area contributed by atoms with Crippen molar-refractivity contribution in [3.8, 4) is 39.5 Å². The Bertz CT molecular complexity index is 2490. The molecule has 9 aromatic rings. The van der Waals surface area contributed by atoms with Crippen LogP contribution >= 0.6 is 11.3 Å². The van der Waals surface area contributed by atoms with E-state index in [-0.39, 0.29) is 0 Å². The van der Waals surface area contributed by atoms with Crippen molar-refractivity contribution in [2.75, 3.05) is 0 Å². The molecule has 0 spiro atoms. The van der Waals surface area contributed by atoms with E-state index in [1.807, 2.05) is 6.07 Å². The molecule has 0 aliphatic carbocycles. The summed E-state index contributed by atoms with van der Waals surface area (Å²) in [5, 5.41) is 3.65. The Morgan fingerprint density at radius 1 is 0.455 bits per heavy atom. The van der Waals surface area contributed by atoms with Crippen LogP contribution in [0, 0.1) is 0 Å². The van der Waals surface area contributed by atoms with E-state index in [0.29, 0.717) is 0 Å². The van der Waals surface area contributed by atoms with Gasteiger partial charge < -0.3 is 4.57 Å². The Morgan fingerprint density at radius 3 is 1.98 bits per heavy atom. The van der Waals surface area contributed by atoms with Gasteiger partial charge in [0, 0.05) is 37.7 Å². The highest BCUT2D eigenvalue weighted by Gasteiger charge is 2.17. The van der Waals surface area contributed by atoms with Gasteiger partial charge >= 0.3 is 0 Å². The molecule has 0 fully saturated rings. The van der Waals surface area contributed by atoms with Crippen LogP contribution in [-0.2, 0) is 0 Å². The summed E-state index contributed by atoms with van der Waals surface area (Å²) < 4.78 is 4.70. The quantitative estimate of drug-likeness (QED) is 0.208. The minimum absolute atomic E-state index is 0.739. The van der Waals surface area contributed by atoms with Gasteiger partial charge in [-0.25, -0.2) is 9.97 Å². The number of nitrogens with zero attached hydrogens (tertiary/aromatic N) is 3. The molecule has 4 heteroatoms. The summed E-state index contributed by atoms with van der Waals surface area (Å²) in [5.74, 6) is 0.739. The molecule has 0 atom stereocenters. The van der Waals surface area contributed by atoms with E-state index in [1.54, 1.807) is 11.3 Å². The first-order valence-corrected chi connectivity index (χ1v) is 15.6. The Morgan fingerprint density at radius 2 is 1.11 bits per heavy atom. The van der Waals surface area contributed by atoms with Gasteiger partial charge in [0.1, 0.15) is 0 Å². The van der Waals surface area contributed by atoms with Crippen LogP contribution in [0.3, 0.4) is 0 Å². The van der Waals surface area contributed by atoms with Gasteiger partial charge in [0.15, 0.2) is 5.82 Å². The fourth-order valence-corrected chi connectivity index (χ4v) is 7.51. The van der Waals surface area contributed by atoms with Crippen LogP contribution in [0.5, 0.6) is 0 Å². The summed E-state index contributed by atoms with van der Waals surface area (Å²) >= 11 is 1.76. The van der Waals surface area contributed by atoms with Crippen LogP contribution in [-0.4, -0.2) is 14.5 Å². The third-order valence-corrected chi connectivity index (χ3v) is 9.57. The molecule has 0 saturated heterocycles. The Labute approximate surface area is 258 Å². The summed E-state index contributed by atoms with van der Waals surface area (Å²) in [6.07, 6.45) is 0. The first-order valence-electron chi connectivity index (χ1n) is 14.8. The number of fused-ring (bicyclic) bond motifs is 6. The van der Waals surface area contributed by atoms with E-state index in [9.17, 15) is 0 Å². The molecule has 0 aliphatic rings. The molecule has 6 aromatic carbocycles. The maximum atomic E-state index is 5.20. The molecule has 0 aliphatic heterocycles. The van der Waals surface area contributed by atoms with Gasteiger partial charge in [-0.15, -0.1) is 11.3 Å². The zero-order chi connectivity index (χ0) is 29.0. The Balaban J connectivity index is 1.22. The van der Waals surface area contributed by atoms with Gasteiger partial charge in [-0.1, -0.05) is 109 Å². The average molecular weight is 580 g/mol. The van der Waals surface area contributed by atoms with Crippen LogP contribution in [0.15, 0.2) is 152 Å². The molecule has 3 nitrogen and oxygen atoms in total. The van der Waals surface area contributed by atoms with Crippen molar-refractivity contribution in [1.82, 2.24) is 14.5 Å². The van der Waals surface area contributed by atoms with Crippen molar-refractivity contribution in [3.63, 3.8) is 0 Å². The number of benzene rings is 6. The molecule has 9 rings (SSSR count). The number of hydrogen-bond acceptors (Lipinski definition) is 3. The minimum Gasteiger partial charge on any atom is -0.309 e. The van der Waals surface area contributed by atoms with Gasteiger partial charge in [0.25, 0.3) is 0 Å². The summed E-state index contributed by atoms with van der Waals surface area (Å²) in [5.41, 5.74) is 9.97. The third-order valence-electron chi connectivity index (χ3n) is 8.41. The SMILES string of the molecule is c1ccc(-c2nc(-c3cccc(-c4ccc5c(c4)c4ccccc4n5-c4ccccc4)c3)nc3c2sc2ccccc23)cc1. The summed E-state index contributed by atoms with van der Waals surface area (Å²) in [6.45, 7) is 0. The lowest BCUT2D eigenvalue weighted by Crippen LogP contribution is -1.94.